The quantitative estimate of drug-likeness (QED) is 0.714. The third kappa shape index (κ3) is 4.88. The Morgan fingerprint density at radius 3 is 2.39 bits per heavy atom. The topological polar surface area (TPSA) is 48.8 Å². The lowest BCUT2D eigenvalue weighted by Crippen LogP contribution is -1.84. The first-order chi connectivity index (χ1) is 11.3. The first-order valence-corrected chi connectivity index (χ1v) is 8.42. The zero-order valence-electron chi connectivity index (χ0n) is 13.4. The van der Waals surface area contributed by atoms with Gasteiger partial charge in [0.25, 0.3) is 0 Å². The number of fused-ring (bicyclic) bond motifs is 1. The van der Waals surface area contributed by atoms with E-state index in [9.17, 15) is 0 Å². The average Bonchev–Trinajstić information content (AvgIpc) is 2.99. The Balaban J connectivity index is 0.000000338. The highest BCUT2D eigenvalue weighted by Crippen LogP contribution is 2.30. The molecular formula is C19H20N2OS. The number of H-pyrrole nitrogens is 1. The number of aromatic nitrogens is 1. The molecule has 1 heterocycles. The van der Waals surface area contributed by atoms with Gasteiger partial charge in [-0.1, -0.05) is 30.0 Å². The van der Waals surface area contributed by atoms with E-state index >= 15 is 0 Å². The van der Waals surface area contributed by atoms with E-state index in [0.717, 1.165) is 29.0 Å². The molecule has 0 amide bonds. The van der Waals surface area contributed by atoms with Crippen molar-refractivity contribution in [2.45, 2.75) is 23.6 Å². The van der Waals surface area contributed by atoms with Crippen molar-refractivity contribution in [3.05, 3.63) is 60.3 Å². The van der Waals surface area contributed by atoms with Crippen LogP contribution in [-0.4, -0.2) is 18.2 Å². The fourth-order valence-corrected chi connectivity index (χ4v) is 2.96. The van der Waals surface area contributed by atoms with Crippen LogP contribution in [0.15, 0.2) is 64.5 Å². The molecule has 3 rings (SSSR count). The van der Waals surface area contributed by atoms with Crippen molar-refractivity contribution < 1.29 is 4.74 Å². The Morgan fingerprint density at radius 1 is 1.04 bits per heavy atom. The minimum absolute atomic E-state index is 0.695. The molecule has 1 N–H and O–H groups in total. The lowest BCUT2D eigenvalue weighted by atomic mass is 10.2. The van der Waals surface area contributed by atoms with E-state index in [1.165, 1.54) is 4.90 Å². The minimum Gasteiger partial charge on any atom is -0.382 e. The SMILES string of the molecule is CCOCC.N#Cc1c[nH]c2ccc(Sc3ccccc3)cc12. The van der Waals surface area contributed by atoms with E-state index in [0.29, 0.717) is 5.56 Å². The van der Waals surface area contributed by atoms with E-state index in [-0.39, 0.29) is 0 Å². The Bertz CT molecular complexity index is 773. The monoisotopic (exact) mass is 324 g/mol. The molecule has 0 aliphatic carbocycles. The standard InChI is InChI=1S/C15H10N2S.C4H10O/c16-9-11-10-17-15-7-6-13(8-14(11)15)18-12-4-2-1-3-5-12;1-3-5-4-2/h1-8,10,17H;3-4H2,1-2H3. The molecule has 0 saturated heterocycles. The van der Waals surface area contributed by atoms with Gasteiger partial charge in [-0.25, -0.2) is 0 Å². The molecule has 118 valence electrons. The van der Waals surface area contributed by atoms with Gasteiger partial charge in [-0.3, -0.25) is 0 Å². The van der Waals surface area contributed by atoms with Crippen LogP contribution in [0, 0.1) is 11.3 Å². The number of ether oxygens (including phenoxy) is 1. The van der Waals surface area contributed by atoms with Crippen molar-refractivity contribution in [3.63, 3.8) is 0 Å². The number of benzene rings is 2. The van der Waals surface area contributed by atoms with E-state index in [4.69, 9.17) is 10.00 Å². The first-order valence-electron chi connectivity index (χ1n) is 7.60. The normalized spacial score (nSPS) is 9.96. The molecule has 23 heavy (non-hydrogen) atoms. The Hall–Kier alpha value is -2.22. The number of nitriles is 1. The molecule has 0 aliphatic heterocycles. The number of hydrogen-bond donors (Lipinski definition) is 1. The highest BCUT2D eigenvalue weighted by atomic mass is 32.2. The molecule has 0 bridgehead atoms. The van der Waals surface area contributed by atoms with Crippen LogP contribution >= 0.6 is 11.8 Å². The summed E-state index contributed by atoms with van der Waals surface area (Å²) in [5.41, 5.74) is 1.70. The Labute approximate surface area is 141 Å². The maximum atomic E-state index is 9.03. The highest BCUT2D eigenvalue weighted by molar-refractivity contribution is 7.99. The smallest absolute Gasteiger partial charge is 0.101 e. The third-order valence-electron chi connectivity index (χ3n) is 3.16. The lowest BCUT2D eigenvalue weighted by molar-refractivity contribution is 0.162. The number of nitrogens with one attached hydrogen (secondary N) is 1. The van der Waals surface area contributed by atoms with E-state index in [1.54, 1.807) is 18.0 Å². The summed E-state index contributed by atoms with van der Waals surface area (Å²) in [5, 5.41) is 10.0. The van der Waals surface area contributed by atoms with Gasteiger partial charge in [-0.05, 0) is 44.2 Å². The number of hydrogen-bond acceptors (Lipinski definition) is 3. The fourth-order valence-electron chi connectivity index (χ4n) is 2.08. The Kier molecular flexibility index (Phi) is 6.74. The second-order valence-corrected chi connectivity index (χ2v) is 5.87. The summed E-state index contributed by atoms with van der Waals surface area (Å²) < 4.78 is 4.83. The minimum atomic E-state index is 0.695. The zero-order valence-corrected chi connectivity index (χ0v) is 14.2. The molecular weight excluding hydrogens is 304 g/mol. The largest absolute Gasteiger partial charge is 0.382 e. The predicted molar refractivity (Wildman–Crippen MR) is 95.7 cm³/mol. The van der Waals surface area contributed by atoms with Crippen LogP contribution in [-0.2, 0) is 4.74 Å². The van der Waals surface area contributed by atoms with Gasteiger partial charge >= 0.3 is 0 Å². The van der Waals surface area contributed by atoms with E-state index in [2.05, 4.69) is 35.3 Å². The molecule has 0 radical (unpaired) electrons. The summed E-state index contributed by atoms with van der Waals surface area (Å²) in [5.74, 6) is 0. The van der Waals surface area contributed by atoms with Gasteiger partial charge in [0.2, 0.25) is 0 Å². The van der Waals surface area contributed by atoms with Crippen LogP contribution in [0.4, 0.5) is 0 Å². The van der Waals surface area contributed by atoms with Gasteiger partial charge in [0.15, 0.2) is 0 Å². The van der Waals surface area contributed by atoms with E-state index in [1.807, 2.05) is 38.1 Å². The number of aromatic amines is 1. The molecule has 0 atom stereocenters. The molecule has 4 heteroatoms. The van der Waals surface area contributed by atoms with Crippen molar-refractivity contribution in [2.24, 2.45) is 0 Å². The maximum Gasteiger partial charge on any atom is 0.101 e. The molecule has 0 saturated carbocycles. The molecule has 0 fully saturated rings. The first kappa shape index (κ1) is 17.1. The van der Waals surface area contributed by atoms with Crippen molar-refractivity contribution >= 4 is 22.7 Å². The van der Waals surface area contributed by atoms with Gasteiger partial charge in [0.1, 0.15) is 6.07 Å². The van der Waals surface area contributed by atoms with Crippen molar-refractivity contribution in [1.82, 2.24) is 4.98 Å². The van der Waals surface area contributed by atoms with Crippen LogP contribution in [0.5, 0.6) is 0 Å². The fraction of sp³-hybridized carbons (Fsp3) is 0.211. The van der Waals surface area contributed by atoms with E-state index < -0.39 is 0 Å². The van der Waals surface area contributed by atoms with Crippen molar-refractivity contribution in [1.29, 1.82) is 5.26 Å². The molecule has 1 aromatic heterocycles. The summed E-state index contributed by atoms with van der Waals surface area (Å²) in [7, 11) is 0. The zero-order chi connectivity index (χ0) is 16.5. The van der Waals surface area contributed by atoms with Gasteiger partial charge < -0.3 is 9.72 Å². The molecule has 0 aliphatic rings. The summed E-state index contributed by atoms with van der Waals surface area (Å²) in [6.07, 6.45) is 1.75. The van der Waals surface area contributed by atoms with Gasteiger partial charge in [-0.15, -0.1) is 0 Å². The molecule has 2 aromatic carbocycles. The van der Waals surface area contributed by atoms with Crippen molar-refractivity contribution in [3.8, 4) is 6.07 Å². The van der Waals surface area contributed by atoms with Crippen LogP contribution in [0.2, 0.25) is 0 Å². The highest BCUT2D eigenvalue weighted by Gasteiger charge is 2.04. The number of nitrogens with zero attached hydrogens (tertiary/aromatic N) is 1. The average molecular weight is 324 g/mol. The second-order valence-electron chi connectivity index (χ2n) is 4.72. The molecule has 0 spiro atoms. The summed E-state index contributed by atoms with van der Waals surface area (Å²) >= 11 is 1.70. The van der Waals surface area contributed by atoms with Crippen molar-refractivity contribution in [2.75, 3.05) is 13.2 Å². The third-order valence-corrected chi connectivity index (χ3v) is 4.16. The summed E-state index contributed by atoms with van der Waals surface area (Å²) in [6, 6.07) is 18.6. The summed E-state index contributed by atoms with van der Waals surface area (Å²) in [4.78, 5) is 5.44. The summed E-state index contributed by atoms with van der Waals surface area (Å²) in [6.45, 7) is 5.67. The van der Waals surface area contributed by atoms with Crippen LogP contribution in [0.3, 0.4) is 0 Å². The van der Waals surface area contributed by atoms with Crippen LogP contribution < -0.4 is 0 Å². The molecule has 3 aromatic rings. The number of rotatable bonds is 4. The maximum absolute atomic E-state index is 9.03. The predicted octanol–water partition coefficient (Wildman–Crippen LogP) is 5.23. The van der Waals surface area contributed by atoms with Gasteiger partial charge in [0.05, 0.1) is 5.56 Å². The lowest BCUT2D eigenvalue weighted by Gasteiger charge is -2.01. The second kappa shape index (κ2) is 9.04. The molecule has 3 nitrogen and oxygen atoms in total. The Morgan fingerprint density at radius 2 is 1.78 bits per heavy atom. The van der Waals surface area contributed by atoms with Gasteiger partial charge in [0, 0.05) is 40.1 Å². The van der Waals surface area contributed by atoms with Gasteiger partial charge in [-0.2, -0.15) is 5.26 Å². The molecule has 0 unspecified atom stereocenters. The van der Waals surface area contributed by atoms with Crippen LogP contribution in [0.1, 0.15) is 19.4 Å². The van der Waals surface area contributed by atoms with Crippen LogP contribution in [0.25, 0.3) is 10.9 Å².